The maximum absolute atomic E-state index is 12.2. The van der Waals surface area contributed by atoms with Gasteiger partial charge >= 0.3 is 18.0 Å². The first-order chi connectivity index (χ1) is 13.3. The predicted octanol–water partition coefficient (Wildman–Crippen LogP) is 4.44. The smallest absolute Gasteiger partial charge is 0.410 e. The lowest BCUT2D eigenvalue weighted by Gasteiger charge is -2.23. The summed E-state index contributed by atoms with van der Waals surface area (Å²) < 4.78 is 10.4. The third-order valence-electron chi connectivity index (χ3n) is 4.70. The highest BCUT2D eigenvalue weighted by Gasteiger charge is 2.25. The molecular weight excluding hydrogens is 386 g/mol. The number of carbonyl (C=O) groups excluding carboxylic acids is 2. The lowest BCUT2D eigenvalue weighted by molar-refractivity contribution is -0.171. The van der Waals surface area contributed by atoms with Gasteiger partial charge < -0.3 is 19.9 Å². The molecule has 1 fully saturated rings. The molecule has 2 N–H and O–H groups in total. The van der Waals surface area contributed by atoms with Gasteiger partial charge in [0.05, 0.1) is 12.0 Å². The summed E-state index contributed by atoms with van der Waals surface area (Å²) in [5, 5.41) is 12.1. The molecule has 7 nitrogen and oxygen atoms in total. The number of aliphatic carboxylic acids is 1. The molecule has 1 aromatic carbocycles. The minimum Gasteiger partial charge on any atom is -0.481 e. The van der Waals surface area contributed by atoms with Crippen molar-refractivity contribution in [3.8, 4) is 0 Å². The molecular formula is C20H26ClNO6. The molecule has 2 unspecified atom stereocenters. The number of nitrogens with one attached hydrogen (secondary N) is 1. The van der Waals surface area contributed by atoms with E-state index < -0.39 is 24.4 Å². The van der Waals surface area contributed by atoms with E-state index in [9.17, 15) is 14.4 Å². The number of carboxylic acids is 1. The zero-order chi connectivity index (χ0) is 20.5. The summed E-state index contributed by atoms with van der Waals surface area (Å²) in [7, 11) is 0. The maximum Gasteiger partial charge on any atom is 0.410 e. The van der Waals surface area contributed by atoms with Crippen LogP contribution in [0.3, 0.4) is 0 Å². The van der Waals surface area contributed by atoms with Gasteiger partial charge in [0, 0.05) is 18.4 Å². The highest BCUT2D eigenvalue weighted by molar-refractivity contribution is 6.30. The van der Waals surface area contributed by atoms with E-state index in [-0.39, 0.29) is 24.7 Å². The molecule has 8 heteroatoms. The number of rotatable bonds is 8. The molecule has 2 rings (SSSR count). The van der Waals surface area contributed by atoms with Gasteiger partial charge in [0.15, 0.2) is 0 Å². The normalized spacial score (nSPS) is 16.6. The van der Waals surface area contributed by atoms with Crippen LogP contribution in [0.2, 0.25) is 5.02 Å². The number of benzene rings is 1. The average Bonchev–Trinajstić information content (AvgIpc) is 2.66. The Kier molecular flexibility index (Phi) is 8.57. The topological polar surface area (TPSA) is 102 Å². The standard InChI is InChI=1S/C20H26ClNO6/c1-13(27-19(25)15-5-3-2-4-6-15)28-20(26)22-17(11-12-18(23)24)14-7-9-16(21)10-8-14/h7-10,13,15,17H,2-6,11-12H2,1H3,(H,22,26)(H,23,24). The van der Waals surface area contributed by atoms with Crippen molar-refractivity contribution in [2.75, 3.05) is 0 Å². The van der Waals surface area contributed by atoms with Gasteiger partial charge in [-0.3, -0.25) is 9.59 Å². The molecule has 1 aliphatic carbocycles. The Morgan fingerprint density at radius 3 is 2.39 bits per heavy atom. The summed E-state index contributed by atoms with van der Waals surface area (Å²) in [6.07, 6.45) is 2.97. The van der Waals surface area contributed by atoms with Crippen molar-refractivity contribution in [1.82, 2.24) is 5.32 Å². The van der Waals surface area contributed by atoms with Crippen LogP contribution in [0, 0.1) is 5.92 Å². The maximum atomic E-state index is 12.2. The fourth-order valence-electron chi connectivity index (χ4n) is 3.23. The Balaban J connectivity index is 1.89. The SMILES string of the molecule is CC(OC(=O)NC(CCC(=O)O)c1ccc(Cl)cc1)OC(=O)C1CCCCC1. The second-order valence-corrected chi connectivity index (χ2v) is 7.36. The Hall–Kier alpha value is -2.28. The summed E-state index contributed by atoms with van der Waals surface area (Å²) in [5.74, 6) is -1.45. The zero-order valence-electron chi connectivity index (χ0n) is 15.9. The number of hydrogen-bond donors (Lipinski definition) is 2. The Bertz CT molecular complexity index is 672. The molecule has 1 saturated carbocycles. The summed E-state index contributed by atoms with van der Waals surface area (Å²) in [4.78, 5) is 35.2. The van der Waals surface area contributed by atoms with Crippen molar-refractivity contribution in [3.63, 3.8) is 0 Å². The van der Waals surface area contributed by atoms with E-state index in [0.29, 0.717) is 10.6 Å². The number of carboxylic acid groups (broad SMARTS) is 1. The molecule has 0 aromatic heterocycles. The van der Waals surface area contributed by atoms with E-state index in [1.165, 1.54) is 6.92 Å². The first kappa shape index (κ1) is 22.0. The van der Waals surface area contributed by atoms with Gasteiger partial charge in [-0.2, -0.15) is 0 Å². The minimum atomic E-state index is -1.03. The molecule has 2 atom stereocenters. The van der Waals surface area contributed by atoms with Crippen molar-refractivity contribution >= 4 is 29.6 Å². The number of carbonyl (C=O) groups is 3. The van der Waals surface area contributed by atoms with Gasteiger partial charge in [-0.05, 0) is 37.0 Å². The van der Waals surface area contributed by atoms with Crippen molar-refractivity contribution in [2.45, 2.75) is 64.2 Å². The number of hydrogen-bond acceptors (Lipinski definition) is 5. The van der Waals surface area contributed by atoms with Gasteiger partial charge in [-0.15, -0.1) is 0 Å². The Morgan fingerprint density at radius 2 is 1.79 bits per heavy atom. The molecule has 0 saturated heterocycles. The van der Waals surface area contributed by atoms with Crippen LogP contribution in [0.1, 0.15) is 63.5 Å². The minimum absolute atomic E-state index is 0.125. The van der Waals surface area contributed by atoms with Crippen molar-refractivity contribution in [2.24, 2.45) is 5.92 Å². The van der Waals surface area contributed by atoms with Crippen molar-refractivity contribution in [1.29, 1.82) is 0 Å². The number of amides is 1. The second-order valence-electron chi connectivity index (χ2n) is 6.93. The molecule has 0 spiro atoms. The highest BCUT2D eigenvalue weighted by Crippen LogP contribution is 2.25. The fourth-order valence-corrected chi connectivity index (χ4v) is 3.36. The first-order valence-corrected chi connectivity index (χ1v) is 9.88. The predicted molar refractivity (Wildman–Crippen MR) is 103 cm³/mol. The van der Waals surface area contributed by atoms with E-state index in [1.807, 2.05) is 0 Å². The fraction of sp³-hybridized carbons (Fsp3) is 0.550. The molecule has 1 aliphatic rings. The molecule has 0 bridgehead atoms. The lowest BCUT2D eigenvalue weighted by atomic mass is 9.89. The lowest BCUT2D eigenvalue weighted by Crippen LogP contribution is -2.34. The third kappa shape index (κ3) is 7.38. The monoisotopic (exact) mass is 411 g/mol. The number of ether oxygens (including phenoxy) is 2. The van der Waals surface area contributed by atoms with Gasteiger partial charge in [-0.1, -0.05) is 43.0 Å². The molecule has 154 valence electrons. The number of halogens is 1. The van der Waals surface area contributed by atoms with Crippen LogP contribution < -0.4 is 5.32 Å². The van der Waals surface area contributed by atoms with E-state index in [1.54, 1.807) is 24.3 Å². The van der Waals surface area contributed by atoms with Crippen LogP contribution in [0.15, 0.2) is 24.3 Å². The molecule has 0 radical (unpaired) electrons. The second kappa shape index (κ2) is 10.9. The van der Waals surface area contributed by atoms with Gasteiger partial charge in [0.25, 0.3) is 0 Å². The van der Waals surface area contributed by atoms with Crippen LogP contribution in [0.25, 0.3) is 0 Å². The quantitative estimate of drug-likeness (QED) is 0.484. The molecule has 1 aromatic rings. The number of alkyl carbamates (subject to hydrolysis) is 1. The van der Waals surface area contributed by atoms with Gasteiger partial charge in [-0.25, -0.2) is 4.79 Å². The molecule has 0 aliphatic heterocycles. The zero-order valence-corrected chi connectivity index (χ0v) is 16.6. The summed E-state index contributed by atoms with van der Waals surface area (Å²) >= 11 is 5.88. The Morgan fingerprint density at radius 1 is 1.14 bits per heavy atom. The summed E-state index contributed by atoms with van der Waals surface area (Å²) in [6, 6.07) is 6.17. The average molecular weight is 412 g/mol. The van der Waals surface area contributed by atoms with Gasteiger partial charge in [0.2, 0.25) is 6.29 Å². The van der Waals surface area contributed by atoms with E-state index in [4.69, 9.17) is 26.2 Å². The third-order valence-corrected chi connectivity index (χ3v) is 4.96. The largest absolute Gasteiger partial charge is 0.481 e. The van der Waals surface area contributed by atoms with Crippen LogP contribution in [0.4, 0.5) is 4.79 Å². The van der Waals surface area contributed by atoms with Crippen LogP contribution in [0.5, 0.6) is 0 Å². The number of esters is 1. The Labute approximate surface area is 169 Å². The van der Waals surface area contributed by atoms with Crippen molar-refractivity contribution < 1.29 is 29.0 Å². The van der Waals surface area contributed by atoms with Crippen LogP contribution in [-0.4, -0.2) is 29.4 Å². The molecule has 28 heavy (non-hydrogen) atoms. The molecule has 0 heterocycles. The van der Waals surface area contributed by atoms with Crippen LogP contribution in [-0.2, 0) is 19.1 Å². The molecule has 1 amide bonds. The van der Waals surface area contributed by atoms with Crippen molar-refractivity contribution in [3.05, 3.63) is 34.9 Å². The van der Waals surface area contributed by atoms with E-state index >= 15 is 0 Å². The first-order valence-electron chi connectivity index (χ1n) is 9.50. The summed E-state index contributed by atoms with van der Waals surface area (Å²) in [6.45, 7) is 1.48. The highest BCUT2D eigenvalue weighted by atomic mass is 35.5. The van der Waals surface area contributed by atoms with E-state index in [0.717, 1.165) is 32.1 Å². The van der Waals surface area contributed by atoms with Gasteiger partial charge in [0.1, 0.15) is 0 Å². The van der Waals surface area contributed by atoms with E-state index in [2.05, 4.69) is 5.32 Å². The summed E-state index contributed by atoms with van der Waals surface area (Å²) in [5.41, 5.74) is 0.703. The van der Waals surface area contributed by atoms with Crippen LogP contribution >= 0.6 is 11.6 Å².